The van der Waals surface area contributed by atoms with Gasteiger partial charge in [-0.15, -0.1) is 0 Å². The van der Waals surface area contributed by atoms with Crippen LogP contribution in [0.4, 0.5) is 0 Å². The van der Waals surface area contributed by atoms with Crippen LogP contribution in [0.3, 0.4) is 0 Å². The second-order valence-corrected chi connectivity index (χ2v) is 5.28. The Balaban J connectivity index is 1.97. The molecule has 1 aliphatic rings. The number of nitrogens with zero attached hydrogens (tertiary/aromatic N) is 2. The van der Waals surface area contributed by atoms with Gasteiger partial charge in [-0.3, -0.25) is 0 Å². The van der Waals surface area contributed by atoms with Crippen molar-refractivity contribution in [2.75, 3.05) is 7.11 Å². The normalized spacial score (nSPS) is 14.8. The molecule has 0 saturated heterocycles. The summed E-state index contributed by atoms with van der Waals surface area (Å²) in [4.78, 5) is 4.19. The molecule has 1 aliphatic carbocycles. The van der Waals surface area contributed by atoms with Crippen LogP contribution in [0, 0.1) is 0 Å². The molecule has 0 unspecified atom stereocenters. The first-order valence-corrected chi connectivity index (χ1v) is 7.16. The number of rotatable bonds is 5. The van der Waals surface area contributed by atoms with Crippen molar-refractivity contribution in [2.24, 2.45) is 5.73 Å². The van der Waals surface area contributed by atoms with E-state index in [1.165, 1.54) is 6.42 Å². The minimum atomic E-state index is 0.187. The van der Waals surface area contributed by atoms with Crippen molar-refractivity contribution in [3.63, 3.8) is 0 Å². The predicted octanol–water partition coefficient (Wildman–Crippen LogP) is 2.79. The Labute approximate surface area is 127 Å². The molecule has 0 aliphatic heterocycles. The molecule has 2 N–H and O–H groups in total. The van der Waals surface area contributed by atoms with Crippen LogP contribution in [-0.4, -0.2) is 23.4 Å². The van der Waals surface area contributed by atoms with E-state index < -0.39 is 0 Å². The Kier molecular flexibility index (Phi) is 3.98. The standard InChI is InChI=1S/C14H16ClN3O3/c1-19-11-6-10(15)9(14-17-13(7-16)21-18-14)5-12(11)20-8-3-2-4-8/h5-6,8H,2-4,7,16H2,1H3. The fourth-order valence-electron chi connectivity index (χ4n) is 2.07. The van der Waals surface area contributed by atoms with E-state index in [0.717, 1.165) is 12.8 Å². The molecule has 1 saturated carbocycles. The summed E-state index contributed by atoms with van der Waals surface area (Å²) in [7, 11) is 1.58. The third-order valence-electron chi connectivity index (χ3n) is 3.48. The number of methoxy groups -OCH3 is 1. The minimum Gasteiger partial charge on any atom is -0.493 e. The Hall–Kier alpha value is -1.79. The van der Waals surface area contributed by atoms with Crippen LogP contribution >= 0.6 is 11.6 Å². The summed E-state index contributed by atoms with van der Waals surface area (Å²) in [5, 5.41) is 4.35. The third-order valence-corrected chi connectivity index (χ3v) is 3.80. The van der Waals surface area contributed by atoms with Gasteiger partial charge in [-0.1, -0.05) is 16.8 Å². The average molecular weight is 310 g/mol. The van der Waals surface area contributed by atoms with Crippen LogP contribution in [-0.2, 0) is 6.54 Å². The zero-order chi connectivity index (χ0) is 14.8. The van der Waals surface area contributed by atoms with Gasteiger partial charge < -0.3 is 19.7 Å². The topological polar surface area (TPSA) is 83.4 Å². The first-order valence-electron chi connectivity index (χ1n) is 6.78. The fourth-order valence-corrected chi connectivity index (χ4v) is 2.31. The van der Waals surface area contributed by atoms with E-state index in [-0.39, 0.29) is 12.6 Å². The van der Waals surface area contributed by atoms with E-state index in [1.54, 1.807) is 19.2 Å². The highest BCUT2D eigenvalue weighted by Gasteiger charge is 2.23. The first-order chi connectivity index (χ1) is 10.2. The van der Waals surface area contributed by atoms with E-state index in [0.29, 0.717) is 33.8 Å². The van der Waals surface area contributed by atoms with Gasteiger partial charge in [-0.2, -0.15) is 4.98 Å². The van der Waals surface area contributed by atoms with Crippen molar-refractivity contribution >= 4 is 11.6 Å². The van der Waals surface area contributed by atoms with Gasteiger partial charge in [0, 0.05) is 11.6 Å². The van der Waals surface area contributed by atoms with Gasteiger partial charge >= 0.3 is 0 Å². The first kappa shape index (κ1) is 14.2. The van der Waals surface area contributed by atoms with E-state index in [4.69, 9.17) is 31.3 Å². The summed E-state index contributed by atoms with van der Waals surface area (Å²) in [5.41, 5.74) is 6.11. The number of ether oxygens (including phenoxy) is 2. The zero-order valence-corrected chi connectivity index (χ0v) is 12.4. The molecular weight excluding hydrogens is 294 g/mol. The number of hydrogen-bond acceptors (Lipinski definition) is 6. The quantitative estimate of drug-likeness (QED) is 0.914. The molecule has 0 atom stereocenters. The van der Waals surface area contributed by atoms with Gasteiger partial charge in [0.2, 0.25) is 11.7 Å². The Bertz CT molecular complexity index is 640. The van der Waals surface area contributed by atoms with E-state index in [2.05, 4.69) is 10.1 Å². The molecule has 1 aromatic carbocycles. The summed E-state index contributed by atoms with van der Waals surface area (Å²) in [5.74, 6) is 1.99. The molecule has 0 radical (unpaired) electrons. The van der Waals surface area contributed by atoms with Crippen LogP contribution in [0.2, 0.25) is 5.02 Å². The molecule has 0 amide bonds. The van der Waals surface area contributed by atoms with Gasteiger partial charge in [-0.05, 0) is 25.3 Å². The highest BCUT2D eigenvalue weighted by Crippen LogP contribution is 2.39. The number of halogens is 1. The third kappa shape index (κ3) is 2.82. The highest BCUT2D eigenvalue weighted by molar-refractivity contribution is 6.33. The van der Waals surface area contributed by atoms with E-state index in [9.17, 15) is 0 Å². The average Bonchev–Trinajstić information content (AvgIpc) is 2.92. The lowest BCUT2D eigenvalue weighted by Crippen LogP contribution is -2.24. The van der Waals surface area contributed by atoms with E-state index >= 15 is 0 Å². The molecule has 0 spiro atoms. The summed E-state index contributed by atoms with van der Waals surface area (Å²) in [6.07, 6.45) is 3.54. The predicted molar refractivity (Wildman–Crippen MR) is 77.5 cm³/mol. The number of aromatic nitrogens is 2. The summed E-state index contributed by atoms with van der Waals surface area (Å²) >= 11 is 6.26. The molecule has 21 heavy (non-hydrogen) atoms. The molecule has 2 aromatic rings. The van der Waals surface area contributed by atoms with Crippen molar-refractivity contribution in [2.45, 2.75) is 31.9 Å². The van der Waals surface area contributed by atoms with Crippen LogP contribution in [0.5, 0.6) is 11.5 Å². The van der Waals surface area contributed by atoms with Crippen LogP contribution in [0.25, 0.3) is 11.4 Å². The lowest BCUT2D eigenvalue weighted by Gasteiger charge is -2.27. The molecule has 1 heterocycles. The Morgan fingerprint density at radius 3 is 2.76 bits per heavy atom. The summed E-state index contributed by atoms with van der Waals surface area (Å²) < 4.78 is 16.3. The molecule has 1 fully saturated rings. The molecular formula is C14H16ClN3O3. The van der Waals surface area contributed by atoms with Crippen molar-refractivity contribution < 1.29 is 14.0 Å². The van der Waals surface area contributed by atoms with Crippen LogP contribution in [0.15, 0.2) is 16.7 Å². The lowest BCUT2D eigenvalue weighted by molar-refractivity contribution is 0.116. The Morgan fingerprint density at radius 2 is 2.19 bits per heavy atom. The van der Waals surface area contributed by atoms with Crippen LogP contribution < -0.4 is 15.2 Å². The number of benzene rings is 1. The fraction of sp³-hybridized carbons (Fsp3) is 0.429. The minimum absolute atomic E-state index is 0.187. The van der Waals surface area contributed by atoms with Gasteiger partial charge in [-0.25, -0.2) is 0 Å². The lowest BCUT2D eigenvalue weighted by atomic mass is 9.96. The molecule has 3 rings (SSSR count). The van der Waals surface area contributed by atoms with Crippen molar-refractivity contribution in [3.8, 4) is 22.9 Å². The molecule has 112 valence electrons. The zero-order valence-electron chi connectivity index (χ0n) is 11.6. The maximum atomic E-state index is 6.26. The van der Waals surface area contributed by atoms with Gasteiger partial charge in [0.1, 0.15) is 0 Å². The SMILES string of the molecule is COc1cc(Cl)c(-c2noc(CN)n2)cc1OC1CCC1. The summed E-state index contributed by atoms with van der Waals surface area (Å²) in [6.45, 7) is 0.187. The largest absolute Gasteiger partial charge is 0.493 e. The van der Waals surface area contributed by atoms with E-state index in [1.807, 2.05) is 0 Å². The van der Waals surface area contributed by atoms with Crippen molar-refractivity contribution in [1.29, 1.82) is 0 Å². The molecule has 1 aromatic heterocycles. The van der Waals surface area contributed by atoms with Gasteiger partial charge in [0.25, 0.3) is 0 Å². The molecule has 0 bridgehead atoms. The van der Waals surface area contributed by atoms with Crippen LogP contribution in [0.1, 0.15) is 25.2 Å². The molecule has 6 nitrogen and oxygen atoms in total. The Morgan fingerprint density at radius 1 is 1.38 bits per heavy atom. The smallest absolute Gasteiger partial charge is 0.240 e. The number of hydrogen-bond donors (Lipinski definition) is 1. The molecule has 7 heteroatoms. The summed E-state index contributed by atoms with van der Waals surface area (Å²) in [6, 6.07) is 3.48. The van der Waals surface area contributed by atoms with Crippen molar-refractivity contribution in [3.05, 3.63) is 23.0 Å². The maximum Gasteiger partial charge on any atom is 0.240 e. The van der Waals surface area contributed by atoms with Gasteiger partial charge in [0.05, 0.1) is 24.8 Å². The second-order valence-electron chi connectivity index (χ2n) is 4.87. The second kappa shape index (κ2) is 5.91. The van der Waals surface area contributed by atoms with Crippen molar-refractivity contribution in [1.82, 2.24) is 10.1 Å². The number of nitrogens with two attached hydrogens (primary N) is 1. The monoisotopic (exact) mass is 309 g/mol. The highest BCUT2D eigenvalue weighted by atomic mass is 35.5. The van der Waals surface area contributed by atoms with Gasteiger partial charge in [0.15, 0.2) is 11.5 Å². The maximum absolute atomic E-state index is 6.26.